The molecule has 20 heavy (non-hydrogen) atoms. The van der Waals surface area contributed by atoms with E-state index in [0.717, 1.165) is 11.5 Å². The zero-order valence-corrected chi connectivity index (χ0v) is 13.4. The second-order valence-corrected chi connectivity index (χ2v) is 7.82. The highest BCUT2D eigenvalue weighted by Crippen LogP contribution is 2.21. The lowest BCUT2D eigenvalue weighted by molar-refractivity contribution is 0.0696. The lowest BCUT2D eigenvalue weighted by atomic mass is 10.1. The first-order valence-electron chi connectivity index (χ1n) is 6.59. The molecular weight excluding hydrogens is 296 g/mol. The summed E-state index contributed by atoms with van der Waals surface area (Å²) < 4.78 is 24.7. The van der Waals surface area contributed by atoms with Crippen molar-refractivity contribution in [3.8, 4) is 0 Å². The van der Waals surface area contributed by atoms with Crippen LogP contribution in [0.1, 0.15) is 36.2 Å². The zero-order valence-electron chi connectivity index (χ0n) is 11.8. The van der Waals surface area contributed by atoms with Crippen molar-refractivity contribution in [2.75, 3.05) is 17.3 Å². The monoisotopic (exact) mass is 316 g/mol. The summed E-state index contributed by atoms with van der Waals surface area (Å²) in [5, 5.41) is 8.99. The van der Waals surface area contributed by atoms with E-state index in [1.54, 1.807) is 17.8 Å². The van der Waals surface area contributed by atoms with Crippen LogP contribution in [0.2, 0.25) is 0 Å². The number of carboxylic acids is 1. The normalized spacial score (nSPS) is 11.5. The van der Waals surface area contributed by atoms with Crippen LogP contribution in [-0.2, 0) is 16.3 Å². The molecule has 4 nitrogen and oxygen atoms in total. The van der Waals surface area contributed by atoms with Crippen LogP contribution in [0.3, 0.4) is 0 Å². The minimum absolute atomic E-state index is 0.0173. The van der Waals surface area contributed by atoms with E-state index >= 15 is 0 Å². The fourth-order valence-corrected chi connectivity index (χ4v) is 4.36. The highest BCUT2D eigenvalue weighted by Gasteiger charge is 2.19. The molecule has 0 aliphatic heterocycles. The number of sulfone groups is 1. The van der Waals surface area contributed by atoms with Crippen LogP contribution in [0.15, 0.2) is 23.1 Å². The Bertz CT molecular complexity index is 565. The van der Waals surface area contributed by atoms with Gasteiger partial charge in [-0.2, -0.15) is 11.8 Å². The van der Waals surface area contributed by atoms with Gasteiger partial charge < -0.3 is 5.11 Å². The van der Waals surface area contributed by atoms with E-state index in [2.05, 4.69) is 0 Å². The van der Waals surface area contributed by atoms with Gasteiger partial charge in [0, 0.05) is 0 Å². The molecule has 1 N–H and O–H groups in total. The first-order chi connectivity index (χ1) is 9.42. The van der Waals surface area contributed by atoms with Crippen LogP contribution in [0.4, 0.5) is 0 Å². The average Bonchev–Trinajstić information content (AvgIpc) is 2.42. The SMILES string of the molecule is CCSCCCS(=O)(=O)c1cc(C(=O)O)ccc1CC. The number of aromatic carboxylic acids is 1. The molecule has 0 aliphatic carbocycles. The largest absolute Gasteiger partial charge is 0.478 e. The first-order valence-corrected chi connectivity index (χ1v) is 9.39. The summed E-state index contributed by atoms with van der Waals surface area (Å²) in [5.41, 5.74) is 0.696. The van der Waals surface area contributed by atoms with Crippen LogP contribution in [-0.4, -0.2) is 36.8 Å². The molecule has 1 aromatic carbocycles. The third-order valence-corrected chi connectivity index (χ3v) is 5.80. The van der Waals surface area contributed by atoms with E-state index in [9.17, 15) is 13.2 Å². The smallest absolute Gasteiger partial charge is 0.335 e. The maximum Gasteiger partial charge on any atom is 0.335 e. The molecule has 0 heterocycles. The highest BCUT2D eigenvalue weighted by atomic mass is 32.2. The predicted octanol–water partition coefficient (Wildman–Crippen LogP) is 2.86. The van der Waals surface area contributed by atoms with Crippen molar-refractivity contribution in [3.63, 3.8) is 0 Å². The van der Waals surface area contributed by atoms with Gasteiger partial charge in [0.2, 0.25) is 0 Å². The molecule has 6 heteroatoms. The van der Waals surface area contributed by atoms with Gasteiger partial charge in [0.25, 0.3) is 0 Å². The summed E-state index contributed by atoms with van der Waals surface area (Å²) >= 11 is 1.70. The third kappa shape index (κ3) is 4.52. The molecule has 0 saturated carbocycles. The van der Waals surface area contributed by atoms with E-state index in [4.69, 9.17) is 5.11 Å². The minimum atomic E-state index is -3.42. The van der Waals surface area contributed by atoms with E-state index in [1.807, 2.05) is 13.8 Å². The van der Waals surface area contributed by atoms with Crippen molar-refractivity contribution in [1.29, 1.82) is 0 Å². The lowest BCUT2D eigenvalue weighted by Gasteiger charge is -2.10. The van der Waals surface area contributed by atoms with E-state index in [0.29, 0.717) is 18.4 Å². The number of carbonyl (C=O) groups is 1. The van der Waals surface area contributed by atoms with Gasteiger partial charge in [0.1, 0.15) is 0 Å². The van der Waals surface area contributed by atoms with Gasteiger partial charge in [-0.05, 0) is 42.0 Å². The van der Waals surface area contributed by atoms with Crippen molar-refractivity contribution in [2.45, 2.75) is 31.6 Å². The molecule has 0 saturated heterocycles. The van der Waals surface area contributed by atoms with E-state index in [1.165, 1.54) is 12.1 Å². The Morgan fingerprint density at radius 3 is 2.55 bits per heavy atom. The molecule has 0 radical (unpaired) electrons. The number of hydrogen-bond acceptors (Lipinski definition) is 4. The maximum atomic E-state index is 12.3. The van der Waals surface area contributed by atoms with Gasteiger partial charge in [-0.3, -0.25) is 0 Å². The lowest BCUT2D eigenvalue weighted by Crippen LogP contribution is -2.12. The molecule has 0 spiro atoms. The quantitative estimate of drug-likeness (QED) is 0.747. The number of benzene rings is 1. The number of aryl methyl sites for hydroxylation is 1. The minimum Gasteiger partial charge on any atom is -0.478 e. The predicted molar refractivity (Wildman–Crippen MR) is 82.4 cm³/mol. The summed E-state index contributed by atoms with van der Waals surface area (Å²) in [5.74, 6) is 0.728. The molecule has 1 rings (SSSR count). The highest BCUT2D eigenvalue weighted by molar-refractivity contribution is 7.99. The Kier molecular flexibility index (Phi) is 6.55. The second-order valence-electron chi connectivity index (χ2n) is 4.35. The van der Waals surface area contributed by atoms with Crippen LogP contribution < -0.4 is 0 Å². The van der Waals surface area contributed by atoms with E-state index < -0.39 is 15.8 Å². The van der Waals surface area contributed by atoms with Crippen LogP contribution in [0, 0.1) is 0 Å². The van der Waals surface area contributed by atoms with Crippen LogP contribution in [0.5, 0.6) is 0 Å². The molecule has 0 aromatic heterocycles. The molecule has 1 aromatic rings. The number of carboxylic acid groups (broad SMARTS) is 1. The molecule has 0 aliphatic rings. The van der Waals surface area contributed by atoms with Gasteiger partial charge >= 0.3 is 5.97 Å². The Balaban J connectivity index is 3.02. The van der Waals surface area contributed by atoms with Crippen molar-refractivity contribution in [3.05, 3.63) is 29.3 Å². The summed E-state index contributed by atoms with van der Waals surface area (Å²) in [7, 11) is -3.42. The van der Waals surface area contributed by atoms with Crippen molar-refractivity contribution < 1.29 is 18.3 Å². The molecule has 112 valence electrons. The first kappa shape index (κ1) is 17.0. The fraction of sp³-hybridized carbons (Fsp3) is 0.500. The number of hydrogen-bond donors (Lipinski definition) is 1. The van der Waals surface area contributed by atoms with Gasteiger partial charge in [-0.1, -0.05) is 19.9 Å². The summed E-state index contributed by atoms with van der Waals surface area (Å²) in [6, 6.07) is 4.33. The molecular formula is C14H20O4S2. The van der Waals surface area contributed by atoms with Crippen molar-refractivity contribution in [1.82, 2.24) is 0 Å². The number of rotatable bonds is 8. The molecule has 0 bridgehead atoms. The Morgan fingerprint density at radius 2 is 2.00 bits per heavy atom. The summed E-state index contributed by atoms with van der Waals surface area (Å²) in [6.07, 6.45) is 1.15. The van der Waals surface area contributed by atoms with Crippen molar-refractivity contribution in [2.24, 2.45) is 0 Å². The molecule has 0 unspecified atom stereocenters. The number of thioether (sulfide) groups is 1. The Labute approximate surface area is 124 Å². The fourth-order valence-electron chi connectivity index (χ4n) is 1.87. The summed E-state index contributed by atoms with van der Waals surface area (Å²) in [4.78, 5) is 11.1. The average molecular weight is 316 g/mol. The molecule has 0 amide bonds. The van der Waals surface area contributed by atoms with Gasteiger partial charge in [-0.25, -0.2) is 13.2 Å². The zero-order chi connectivity index (χ0) is 15.2. The second kappa shape index (κ2) is 7.69. The standard InChI is InChI=1S/C14H20O4S2/c1-3-11-6-7-12(14(15)16)10-13(11)20(17,18)9-5-8-19-4-2/h6-7,10H,3-5,8-9H2,1-2H3,(H,15,16). The van der Waals surface area contributed by atoms with Crippen LogP contribution >= 0.6 is 11.8 Å². The Morgan fingerprint density at radius 1 is 1.30 bits per heavy atom. The third-order valence-electron chi connectivity index (χ3n) is 2.94. The van der Waals surface area contributed by atoms with Crippen LogP contribution in [0.25, 0.3) is 0 Å². The molecule has 0 fully saturated rings. The maximum absolute atomic E-state index is 12.3. The summed E-state index contributed by atoms with van der Waals surface area (Å²) in [6.45, 7) is 3.90. The molecule has 0 atom stereocenters. The van der Waals surface area contributed by atoms with Crippen molar-refractivity contribution >= 4 is 27.6 Å². The van der Waals surface area contributed by atoms with Gasteiger partial charge in [0.05, 0.1) is 16.2 Å². The van der Waals surface area contributed by atoms with Gasteiger partial charge in [0.15, 0.2) is 9.84 Å². The Hall–Kier alpha value is -1.01. The topological polar surface area (TPSA) is 71.4 Å². The van der Waals surface area contributed by atoms with Gasteiger partial charge in [-0.15, -0.1) is 0 Å². The van der Waals surface area contributed by atoms with E-state index in [-0.39, 0.29) is 16.2 Å².